The Kier molecular flexibility index (Phi) is 2.87. The van der Waals surface area contributed by atoms with Crippen LogP contribution in [0.25, 0.3) is 0 Å². The van der Waals surface area contributed by atoms with Gasteiger partial charge in [0.15, 0.2) is 0 Å². The summed E-state index contributed by atoms with van der Waals surface area (Å²) in [6.45, 7) is 2.71. The quantitative estimate of drug-likeness (QED) is 0.757. The molecule has 5 nitrogen and oxygen atoms in total. The summed E-state index contributed by atoms with van der Waals surface area (Å²) in [7, 11) is 0. The van der Waals surface area contributed by atoms with Crippen molar-refractivity contribution in [2.75, 3.05) is 13.1 Å². The number of rotatable bonds is 1. The maximum absolute atomic E-state index is 12.0. The molecule has 1 atom stereocenters. The third kappa shape index (κ3) is 1.90. The van der Waals surface area contributed by atoms with E-state index in [1.807, 2.05) is 0 Å². The van der Waals surface area contributed by atoms with E-state index in [1.165, 1.54) is 4.90 Å². The summed E-state index contributed by atoms with van der Waals surface area (Å²) in [6.07, 6.45) is 1.55. The van der Waals surface area contributed by atoms with Crippen molar-refractivity contribution in [3.63, 3.8) is 0 Å². The molecule has 0 bridgehead atoms. The van der Waals surface area contributed by atoms with Crippen LogP contribution in [0.1, 0.15) is 17.4 Å². The molecule has 0 aromatic carbocycles. The van der Waals surface area contributed by atoms with Gasteiger partial charge in [-0.25, -0.2) is 0 Å². The Morgan fingerprint density at radius 3 is 3.00 bits per heavy atom. The van der Waals surface area contributed by atoms with Crippen LogP contribution in [0, 0.1) is 0 Å². The Hall–Kier alpha value is -1.49. The van der Waals surface area contributed by atoms with Gasteiger partial charge in [-0.15, -0.1) is 0 Å². The van der Waals surface area contributed by atoms with Gasteiger partial charge in [-0.3, -0.25) is 9.59 Å². The lowest BCUT2D eigenvalue weighted by Gasteiger charge is -2.32. The van der Waals surface area contributed by atoms with Crippen molar-refractivity contribution in [1.82, 2.24) is 15.2 Å². The van der Waals surface area contributed by atoms with E-state index in [-0.39, 0.29) is 11.8 Å². The molecule has 1 aromatic rings. The van der Waals surface area contributed by atoms with Gasteiger partial charge < -0.3 is 15.2 Å². The van der Waals surface area contributed by atoms with Crippen molar-refractivity contribution < 1.29 is 9.59 Å². The summed E-state index contributed by atoms with van der Waals surface area (Å²) in [5.41, 5.74) is 0.409. The number of nitrogens with one attached hydrogen (secondary N) is 2. The number of hydrogen-bond donors (Lipinski definition) is 2. The fourth-order valence-corrected chi connectivity index (χ4v) is 1.87. The van der Waals surface area contributed by atoms with Crippen molar-refractivity contribution in [2.24, 2.45) is 0 Å². The van der Waals surface area contributed by atoms with Gasteiger partial charge in [0.05, 0.1) is 5.02 Å². The van der Waals surface area contributed by atoms with E-state index < -0.39 is 6.04 Å². The van der Waals surface area contributed by atoms with Crippen LogP contribution in [0.4, 0.5) is 0 Å². The van der Waals surface area contributed by atoms with Crippen LogP contribution in [0.15, 0.2) is 12.3 Å². The van der Waals surface area contributed by atoms with Crippen molar-refractivity contribution in [3.8, 4) is 0 Å². The van der Waals surface area contributed by atoms with E-state index in [0.29, 0.717) is 23.8 Å². The first kappa shape index (κ1) is 11.0. The Morgan fingerprint density at radius 1 is 1.62 bits per heavy atom. The monoisotopic (exact) mass is 241 g/mol. The van der Waals surface area contributed by atoms with Gasteiger partial charge in [-0.05, 0) is 13.0 Å². The predicted octanol–water partition coefficient (Wildman–Crippen LogP) is 0.629. The minimum absolute atomic E-state index is 0.128. The number of amides is 2. The number of hydrogen-bond acceptors (Lipinski definition) is 2. The highest BCUT2D eigenvalue weighted by atomic mass is 35.5. The lowest BCUT2D eigenvalue weighted by atomic mass is 10.2. The first-order valence-corrected chi connectivity index (χ1v) is 5.40. The standard InChI is InChI=1S/C10H12ClN3O2/c1-6-9(15)12-2-3-14(6)10(16)8-4-7(11)5-13-8/h4-6,13H,2-3H2,1H3,(H,12,15). The Bertz CT molecular complexity index is 429. The number of H-pyrrole nitrogens is 1. The first-order chi connectivity index (χ1) is 7.59. The van der Waals surface area contributed by atoms with Crippen LogP contribution in [-0.4, -0.2) is 40.8 Å². The number of aromatic amines is 1. The summed E-state index contributed by atoms with van der Waals surface area (Å²) in [4.78, 5) is 27.7. The average molecular weight is 242 g/mol. The SMILES string of the molecule is CC1C(=O)NCCN1C(=O)c1cc(Cl)c[nH]1. The molecule has 0 saturated carbocycles. The second kappa shape index (κ2) is 4.17. The van der Waals surface area contributed by atoms with Crippen LogP contribution < -0.4 is 5.32 Å². The van der Waals surface area contributed by atoms with Crippen LogP contribution in [0.5, 0.6) is 0 Å². The van der Waals surface area contributed by atoms with Gasteiger partial charge in [0, 0.05) is 19.3 Å². The topological polar surface area (TPSA) is 65.2 Å². The summed E-state index contributed by atoms with van der Waals surface area (Å²) in [5, 5.41) is 3.19. The Labute approximate surface area is 97.8 Å². The van der Waals surface area contributed by atoms with Gasteiger partial charge in [0.2, 0.25) is 5.91 Å². The molecule has 1 saturated heterocycles. The number of halogens is 1. The molecule has 2 N–H and O–H groups in total. The molecule has 2 amide bonds. The molecule has 2 heterocycles. The van der Waals surface area contributed by atoms with E-state index in [2.05, 4.69) is 10.3 Å². The summed E-state index contributed by atoms with van der Waals surface area (Å²) in [5.74, 6) is -0.327. The average Bonchev–Trinajstić information content (AvgIpc) is 2.68. The number of aromatic nitrogens is 1. The molecular weight excluding hydrogens is 230 g/mol. The first-order valence-electron chi connectivity index (χ1n) is 5.02. The maximum atomic E-state index is 12.0. The van der Waals surface area contributed by atoms with Gasteiger partial charge in [-0.1, -0.05) is 11.6 Å². The fraction of sp³-hybridized carbons (Fsp3) is 0.400. The third-order valence-electron chi connectivity index (χ3n) is 2.64. The Balaban J connectivity index is 2.18. The summed E-state index contributed by atoms with van der Waals surface area (Å²) < 4.78 is 0. The van der Waals surface area contributed by atoms with Crippen molar-refractivity contribution in [3.05, 3.63) is 23.0 Å². The molecule has 1 fully saturated rings. The number of nitrogens with zero attached hydrogens (tertiary/aromatic N) is 1. The molecule has 6 heteroatoms. The highest BCUT2D eigenvalue weighted by molar-refractivity contribution is 6.31. The maximum Gasteiger partial charge on any atom is 0.271 e. The van der Waals surface area contributed by atoms with Crippen molar-refractivity contribution in [1.29, 1.82) is 0 Å². The minimum Gasteiger partial charge on any atom is -0.356 e. The number of carbonyl (C=O) groups excluding carboxylic acids is 2. The molecule has 1 aliphatic rings. The summed E-state index contributed by atoms with van der Waals surface area (Å²) in [6, 6.07) is 1.12. The van der Waals surface area contributed by atoms with E-state index >= 15 is 0 Å². The van der Waals surface area contributed by atoms with Crippen LogP contribution >= 0.6 is 11.6 Å². The molecule has 2 rings (SSSR count). The van der Waals surface area contributed by atoms with Crippen molar-refractivity contribution in [2.45, 2.75) is 13.0 Å². The van der Waals surface area contributed by atoms with E-state index in [0.717, 1.165) is 0 Å². The second-order valence-electron chi connectivity index (χ2n) is 3.70. The van der Waals surface area contributed by atoms with Crippen molar-refractivity contribution >= 4 is 23.4 Å². The van der Waals surface area contributed by atoms with Gasteiger partial charge in [-0.2, -0.15) is 0 Å². The minimum atomic E-state index is -0.441. The highest BCUT2D eigenvalue weighted by Crippen LogP contribution is 2.14. The van der Waals surface area contributed by atoms with Gasteiger partial charge >= 0.3 is 0 Å². The highest BCUT2D eigenvalue weighted by Gasteiger charge is 2.30. The zero-order chi connectivity index (χ0) is 11.7. The largest absolute Gasteiger partial charge is 0.356 e. The van der Waals surface area contributed by atoms with Crippen LogP contribution in [0.2, 0.25) is 5.02 Å². The third-order valence-corrected chi connectivity index (χ3v) is 2.86. The lowest BCUT2D eigenvalue weighted by molar-refractivity contribution is -0.127. The number of piperazine rings is 1. The van der Waals surface area contributed by atoms with E-state index in [4.69, 9.17) is 11.6 Å². The van der Waals surface area contributed by atoms with E-state index in [1.54, 1.807) is 19.2 Å². The predicted molar refractivity (Wildman–Crippen MR) is 59.3 cm³/mol. The molecule has 1 aliphatic heterocycles. The second-order valence-corrected chi connectivity index (χ2v) is 4.13. The molecule has 0 radical (unpaired) electrons. The zero-order valence-electron chi connectivity index (χ0n) is 8.79. The molecular formula is C10H12ClN3O2. The zero-order valence-corrected chi connectivity index (χ0v) is 9.54. The van der Waals surface area contributed by atoms with Crippen LogP contribution in [0.3, 0.4) is 0 Å². The molecule has 0 spiro atoms. The van der Waals surface area contributed by atoms with Gasteiger partial charge in [0.25, 0.3) is 5.91 Å². The lowest BCUT2D eigenvalue weighted by Crippen LogP contribution is -2.55. The van der Waals surface area contributed by atoms with Gasteiger partial charge in [0.1, 0.15) is 11.7 Å². The Morgan fingerprint density at radius 2 is 2.38 bits per heavy atom. The summed E-state index contributed by atoms with van der Waals surface area (Å²) >= 11 is 5.73. The molecule has 1 unspecified atom stereocenters. The van der Waals surface area contributed by atoms with E-state index in [9.17, 15) is 9.59 Å². The molecule has 86 valence electrons. The normalized spacial score (nSPS) is 20.8. The molecule has 16 heavy (non-hydrogen) atoms. The molecule has 1 aromatic heterocycles. The smallest absolute Gasteiger partial charge is 0.271 e. The number of carbonyl (C=O) groups is 2. The molecule has 0 aliphatic carbocycles. The fourth-order valence-electron chi connectivity index (χ4n) is 1.71. The van der Waals surface area contributed by atoms with Crippen LogP contribution in [-0.2, 0) is 4.79 Å².